The van der Waals surface area contributed by atoms with Gasteiger partial charge in [0, 0.05) is 31.9 Å². The Morgan fingerprint density at radius 2 is 1.53 bits per heavy atom. The van der Waals surface area contributed by atoms with E-state index in [0.717, 1.165) is 32.6 Å². The molecule has 92 valence electrons. The smallest absolute Gasteiger partial charge is 0.209 e. The summed E-state index contributed by atoms with van der Waals surface area (Å²) in [6, 6.07) is 4.46. The van der Waals surface area contributed by atoms with Crippen molar-refractivity contribution in [2.75, 3.05) is 31.1 Å². The minimum atomic E-state index is 0.830. The van der Waals surface area contributed by atoms with Crippen LogP contribution in [-0.4, -0.2) is 37.5 Å². The summed E-state index contributed by atoms with van der Waals surface area (Å²) in [5, 5.41) is 0. The van der Waals surface area contributed by atoms with Crippen molar-refractivity contribution in [3.8, 4) is 0 Å². The fourth-order valence-electron chi connectivity index (χ4n) is 2.72. The number of hydrogen-bond acceptors (Lipinski definition) is 2. The SMILES string of the molecule is Cc1cc(C)c(N2CCN(C=O)CC2)c(C)c1. The molecular weight excluding hydrogens is 212 g/mol. The van der Waals surface area contributed by atoms with Gasteiger partial charge in [0.2, 0.25) is 6.41 Å². The second-order valence-electron chi connectivity index (χ2n) is 4.88. The minimum absolute atomic E-state index is 0.830. The van der Waals surface area contributed by atoms with Crippen LogP contribution in [0.15, 0.2) is 12.1 Å². The van der Waals surface area contributed by atoms with Crippen LogP contribution in [0.5, 0.6) is 0 Å². The third-order valence-corrected chi connectivity index (χ3v) is 3.41. The maximum absolute atomic E-state index is 10.7. The van der Waals surface area contributed by atoms with E-state index in [1.807, 2.05) is 4.90 Å². The van der Waals surface area contributed by atoms with Gasteiger partial charge in [-0.2, -0.15) is 0 Å². The molecule has 1 aliphatic heterocycles. The Balaban J connectivity index is 2.21. The number of carbonyl (C=O) groups excluding carboxylic acids is 1. The summed E-state index contributed by atoms with van der Waals surface area (Å²) >= 11 is 0. The summed E-state index contributed by atoms with van der Waals surface area (Å²) in [5.74, 6) is 0. The van der Waals surface area contributed by atoms with Crippen LogP contribution in [0.2, 0.25) is 0 Å². The van der Waals surface area contributed by atoms with Crippen LogP contribution in [0.25, 0.3) is 0 Å². The number of piperazine rings is 1. The third-order valence-electron chi connectivity index (χ3n) is 3.41. The molecule has 0 aromatic heterocycles. The first-order chi connectivity index (χ1) is 8.11. The molecule has 2 rings (SSSR count). The molecule has 0 atom stereocenters. The average Bonchev–Trinajstić information content (AvgIpc) is 2.28. The lowest BCUT2D eigenvalue weighted by molar-refractivity contribution is -0.118. The first-order valence-electron chi connectivity index (χ1n) is 6.14. The number of benzene rings is 1. The van der Waals surface area contributed by atoms with Crippen LogP contribution in [0.4, 0.5) is 5.69 Å². The molecule has 1 fully saturated rings. The lowest BCUT2D eigenvalue weighted by Crippen LogP contribution is -2.46. The lowest BCUT2D eigenvalue weighted by atomic mass is 10.0. The summed E-state index contributed by atoms with van der Waals surface area (Å²) < 4.78 is 0. The standard InChI is InChI=1S/C14H20N2O/c1-11-8-12(2)14(13(3)9-11)16-6-4-15(10-17)5-7-16/h8-10H,4-7H2,1-3H3. The zero-order valence-corrected chi connectivity index (χ0v) is 10.9. The van der Waals surface area contributed by atoms with Gasteiger partial charge in [0.05, 0.1) is 0 Å². The number of hydrogen-bond donors (Lipinski definition) is 0. The van der Waals surface area contributed by atoms with Crippen molar-refractivity contribution in [2.24, 2.45) is 0 Å². The maximum Gasteiger partial charge on any atom is 0.209 e. The number of rotatable bonds is 2. The van der Waals surface area contributed by atoms with E-state index in [0.29, 0.717) is 0 Å². The predicted molar refractivity (Wildman–Crippen MR) is 70.5 cm³/mol. The van der Waals surface area contributed by atoms with Gasteiger partial charge in [-0.05, 0) is 31.9 Å². The molecule has 1 amide bonds. The Labute approximate surface area is 103 Å². The number of aryl methyl sites for hydroxylation is 3. The van der Waals surface area contributed by atoms with Gasteiger partial charge in [0.1, 0.15) is 0 Å². The van der Waals surface area contributed by atoms with E-state index in [-0.39, 0.29) is 0 Å². The molecule has 0 N–H and O–H groups in total. The molecule has 1 saturated heterocycles. The largest absolute Gasteiger partial charge is 0.368 e. The van der Waals surface area contributed by atoms with Gasteiger partial charge in [0.15, 0.2) is 0 Å². The normalized spacial score (nSPS) is 16.2. The maximum atomic E-state index is 10.7. The summed E-state index contributed by atoms with van der Waals surface area (Å²) in [6.07, 6.45) is 0.951. The Morgan fingerprint density at radius 3 is 2.00 bits per heavy atom. The van der Waals surface area contributed by atoms with E-state index in [9.17, 15) is 4.79 Å². The van der Waals surface area contributed by atoms with E-state index < -0.39 is 0 Å². The van der Waals surface area contributed by atoms with Crippen LogP contribution in [0.3, 0.4) is 0 Å². The molecule has 0 aliphatic carbocycles. The highest BCUT2D eigenvalue weighted by Crippen LogP contribution is 2.26. The number of carbonyl (C=O) groups is 1. The molecule has 1 aliphatic rings. The number of anilines is 1. The monoisotopic (exact) mass is 232 g/mol. The fourth-order valence-corrected chi connectivity index (χ4v) is 2.72. The van der Waals surface area contributed by atoms with Gasteiger partial charge in [-0.15, -0.1) is 0 Å². The van der Waals surface area contributed by atoms with Gasteiger partial charge < -0.3 is 9.80 Å². The summed E-state index contributed by atoms with van der Waals surface area (Å²) in [5.41, 5.74) is 5.33. The second-order valence-corrected chi connectivity index (χ2v) is 4.88. The Bertz CT molecular complexity index is 397. The molecule has 3 nitrogen and oxygen atoms in total. The van der Waals surface area contributed by atoms with E-state index >= 15 is 0 Å². The summed E-state index contributed by atoms with van der Waals surface area (Å²) in [4.78, 5) is 14.9. The number of amides is 1. The first-order valence-corrected chi connectivity index (χ1v) is 6.14. The fraction of sp³-hybridized carbons (Fsp3) is 0.500. The Kier molecular flexibility index (Phi) is 3.36. The van der Waals surface area contributed by atoms with Crippen molar-refractivity contribution in [1.29, 1.82) is 0 Å². The molecule has 1 aromatic carbocycles. The summed E-state index contributed by atoms with van der Waals surface area (Å²) in [6.45, 7) is 10.00. The Morgan fingerprint density at radius 1 is 1.00 bits per heavy atom. The average molecular weight is 232 g/mol. The van der Waals surface area contributed by atoms with Gasteiger partial charge in [-0.3, -0.25) is 4.79 Å². The van der Waals surface area contributed by atoms with Crippen molar-refractivity contribution in [2.45, 2.75) is 20.8 Å². The molecule has 3 heteroatoms. The molecule has 17 heavy (non-hydrogen) atoms. The van der Waals surface area contributed by atoms with Crippen LogP contribution in [0, 0.1) is 20.8 Å². The molecule has 0 saturated carbocycles. The van der Waals surface area contributed by atoms with Gasteiger partial charge in [0.25, 0.3) is 0 Å². The van der Waals surface area contributed by atoms with Crippen molar-refractivity contribution in [3.63, 3.8) is 0 Å². The molecule has 1 heterocycles. The zero-order chi connectivity index (χ0) is 12.4. The first kappa shape index (κ1) is 12.0. The Hall–Kier alpha value is -1.51. The molecule has 0 unspecified atom stereocenters. The van der Waals surface area contributed by atoms with Crippen molar-refractivity contribution >= 4 is 12.1 Å². The molecule has 1 aromatic rings. The lowest BCUT2D eigenvalue weighted by Gasteiger charge is -2.36. The van der Waals surface area contributed by atoms with Crippen molar-refractivity contribution in [3.05, 3.63) is 28.8 Å². The van der Waals surface area contributed by atoms with Gasteiger partial charge in [-0.25, -0.2) is 0 Å². The molecular formula is C14H20N2O. The second kappa shape index (κ2) is 4.78. The van der Waals surface area contributed by atoms with Crippen molar-refractivity contribution < 1.29 is 4.79 Å². The van der Waals surface area contributed by atoms with Crippen LogP contribution in [-0.2, 0) is 4.79 Å². The zero-order valence-electron chi connectivity index (χ0n) is 10.9. The van der Waals surface area contributed by atoms with Crippen LogP contribution < -0.4 is 4.90 Å². The molecule has 0 spiro atoms. The minimum Gasteiger partial charge on any atom is -0.368 e. The van der Waals surface area contributed by atoms with E-state index in [1.54, 1.807) is 0 Å². The van der Waals surface area contributed by atoms with E-state index in [2.05, 4.69) is 37.8 Å². The van der Waals surface area contributed by atoms with Crippen LogP contribution in [0.1, 0.15) is 16.7 Å². The van der Waals surface area contributed by atoms with Crippen molar-refractivity contribution in [1.82, 2.24) is 4.90 Å². The highest BCUT2D eigenvalue weighted by atomic mass is 16.1. The highest BCUT2D eigenvalue weighted by Gasteiger charge is 2.18. The van der Waals surface area contributed by atoms with Gasteiger partial charge >= 0.3 is 0 Å². The third kappa shape index (κ3) is 2.43. The highest BCUT2D eigenvalue weighted by molar-refractivity contribution is 5.61. The molecule has 0 bridgehead atoms. The van der Waals surface area contributed by atoms with E-state index in [4.69, 9.17) is 0 Å². The summed E-state index contributed by atoms with van der Waals surface area (Å²) in [7, 11) is 0. The van der Waals surface area contributed by atoms with Crippen LogP contribution >= 0.6 is 0 Å². The van der Waals surface area contributed by atoms with Gasteiger partial charge in [-0.1, -0.05) is 17.7 Å². The quantitative estimate of drug-likeness (QED) is 0.727. The predicted octanol–water partition coefficient (Wildman–Crippen LogP) is 1.89. The van der Waals surface area contributed by atoms with E-state index in [1.165, 1.54) is 22.4 Å². The number of nitrogens with zero attached hydrogens (tertiary/aromatic N) is 2. The topological polar surface area (TPSA) is 23.6 Å². The molecule has 0 radical (unpaired) electrons.